The summed E-state index contributed by atoms with van der Waals surface area (Å²) in [5.41, 5.74) is 0.260. The zero-order valence-electron chi connectivity index (χ0n) is 14.6. The van der Waals surface area contributed by atoms with Gasteiger partial charge in [-0.2, -0.15) is 4.31 Å². The van der Waals surface area contributed by atoms with Crippen LogP contribution in [0.2, 0.25) is 0 Å². The molecule has 1 aliphatic heterocycles. The highest BCUT2D eigenvalue weighted by atomic mass is 32.2. The average molecular weight is 388 g/mol. The minimum atomic E-state index is -3.65. The SMILES string of the molecule is O=C(Nc1ccccc1C(=O)O)c1cccc(S(=O)(=O)N2CCCCC2)c1. The van der Waals surface area contributed by atoms with E-state index < -0.39 is 21.9 Å². The molecule has 0 saturated carbocycles. The fourth-order valence-corrected chi connectivity index (χ4v) is 4.59. The molecule has 0 bridgehead atoms. The molecular formula is C19H20N2O5S. The maximum atomic E-state index is 12.8. The summed E-state index contributed by atoms with van der Waals surface area (Å²) in [6, 6.07) is 11.8. The Morgan fingerprint density at radius 2 is 1.67 bits per heavy atom. The molecule has 1 fully saturated rings. The Kier molecular flexibility index (Phi) is 5.57. The summed E-state index contributed by atoms with van der Waals surface area (Å²) in [4.78, 5) is 23.9. The quantitative estimate of drug-likeness (QED) is 0.820. The van der Waals surface area contributed by atoms with Crippen molar-refractivity contribution in [2.24, 2.45) is 0 Å². The number of hydrogen-bond donors (Lipinski definition) is 2. The second-order valence-electron chi connectivity index (χ2n) is 6.30. The number of carbonyl (C=O) groups excluding carboxylic acids is 1. The van der Waals surface area contributed by atoms with Crippen LogP contribution < -0.4 is 5.32 Å². The molecule has 1 aliphatic rings. The first-order valence-electron chi connectivity index (χ1n) is 8.63. The first kappa shape index (κ1) is 19.1. The maximum Gasteiger partial charge on any atom is 0.337 e. The summed E-state index contributed by atoms with van der Waals surface area (Å²) in [7, 11) is -3.65. The summed E-state index contributed by atoms with van der Waals surface area (Å²) in [6.07, 6.45) is 2.66. The number of carboxylic acids is 1. The van der Waals surface area contributed by atoms with Crippen LogP contribution in [0.1, 0.15) is 40.0 Å². The second-order valence-corrected chi connectivity index (χ2v) is 8.24. The molecule has 0 spiro atoms. The fraction of sp³-hybridized carbons (Fsp3) is 0.263. The van der Waals surface area contributed by atoms with E-state index in [1.807, 2.05) is 0 Å². The summed E-state index contributed by atoms with van der Waals surface area (Å²) in [6.45, 7) is 0.954. The molecule has 1 amide bonds. The van der Waals surface area contributed by atoms with Gasteiger partial charge in [0, 0.05) is 18.7 Å². The lowest BCUT2D eigenvalue weighted by Gasteiger charge is -2.26. The molecule has 0 atom stereocenters. The summed E-state index contributed by atoms with van der Waals surface area (Å²) in [5.74, 6) is -1.73. The lowest BCUT2D eigenvalue weighted by molar-refractivity contribution is 0.0698. The number of hydrogen-bond acceptors (Lipinski definition) is 4. The van der Waals surface area contributed by atoms with Gasteiger partial charge in [0.2, 0.25) is 10.0 Å². The zero-order valence-corrected chi connectivity index (χ0v) is 15.4. The monoisotopic (exact) mass is 388 g/mol. The molecule has 142 valence electrons. The van der Waals surface area contributed by atoms with Crippen LogP contribution in [0.3, 0.4) is 0 Å². The first-order chi connectivity index (χ1) is 12.9. The number of sulfonamides is 1. The van der Waals surface area contributed by atoms with Crippen molar-refractivity contribution < 1.29 is 23.1 Å². The minimum Gasteiger partial charge on any atom is -0.478 e. The highest BCUT2D eigenvalue weighted by Crippen LogP contribution is 2.22. The molecule has 0 aromatic heterocycles. The number of rotatable bonds is 5. The molecular weight excluding hydrogens is 368 g/mol. The van der Waals surface area contributed by atoms with E-state index in [9.17, 15) is 23.1 Å². The van der Waals surface area contributed by atoms with Gasteiger partial charge in [0.1, 0.15) is 0 Å². The van der Waals surface area contributed by atoms with Crippen molar-refractivity contribution in [2.45, 2.75) is 24.2 Å². The topological polar surface area (TPSA) is 104 Å². The van der Waals surface area contributed by atoms with E-state index in [4.69, 9.17) is 0 Å². The van der Waals surface area contributed by atoms with Gasteiger partial charge in [-0.05, 0) is 43.2 Å². The number of anilines is 1. The third kappa shape index (κ3) is 4.17. The van der Waals surface area contributed by atoms with Crippen molar-refractivity contribution in [3.05, 3.63) is 59.7 Å². The third-order valence-electron chi connectivity index (χ3n) is 4.45. The van der Waals surface area contributed by atoms with Gasteiger partial charge >= 0.3 is 5.97 Å². The van der Waals surface area contributed by atoms with Gasteiger partial charge in [-0.25, -0.2) is 13.2 Å². The third-order valence-corrected chi connectivity index (χ3v) is 6.35. The predicted molar refractivity (Wildman–Crippen MR) is 100 cm³/mol. The highest BCUT2D eigenvalue weighted by Gasteiger charge is 2.26. The van der Waals surface area contributed by atoms with E-state index in [-0.39, 0.29) is 21.7 Å². The molecule has 3 rings (SSSR count). The number of carbonyl (C=O) groups is 2. The smallest absolute Gasteiger partial charge is 0.337 e. The average Bonchev–Trinajstić information content (AvgIpc) is 2.69. The Hall–Kier alpha value is -2.71. The van der Waals surface area contributed by atoms with Crippen LogP contribution >= 0.6 is 0 Å². The van der Waals surface area contributed by atoms with Gasteiger partial charge in [0.05, 0.1) is 16.1 Å². The van der Waals surface area contributed by atoms with Crippen LogP contribution in [0, 0.1) is 0 Å². The maximum absolute atomic E-state index is 12.8. The first-order valence-corrected chi connectivity index (χ1v) is 10.1. The zero-order chi connectivity index (χ0) is 19.4. The summed E-state index contributed by atoms with van der Waals surface area (Å²) in [5, 5.41) is 11.7. The number of carboxylic acid groups (broad SMARTS) is 1. The molecule has 0 unspecified atom stereocenters. The van der Waals surface area contributed by atoms with E-state index in [1.54, 1.807) is 12.1 Å². The van der Waals surface area contributed by atoms with Crippen molar-refractivity contribution in [1.29, 1.82) is 0 Å². The van der Waals surface area contributed by atoms with Crippen molar-refractivity contribution >= 4 is 27.6 Å². The Bertz CT molecular complexity index is 966. The van der Waals surface area contributed by atoms with Crippen molar-refractivity contribution in [3.8, 4) is 0 Å². The molecule has 0 radical (unpaired) electrons. The lowest BCUT2D eigenvalue weighted by atomic mass is 10.1. The van der Waals surface area contributed by atoms with Gasteiger partial charge in [0.25, 0.3) is 5.91 Å². The molecule has 2 aromatic carbocycles. The van der Waals surface area contributed by atoms with E-state index in [0.717, 1.165) is 19.3 Å². The molecule has 8 heteroatoms. The Morgan fingerprint density at radius 1 is 0.963 bits per heavy atom. The number of nitrogens with one attached hydrogen (secondary N) is 1. The minimum absolute atomic E-state index is 0.0389. The van der Waals surface area contributed by atoms with Crippen molar-refractivity contribution in [3.63, 3.8) is 0 Å². The van der Waals surface area contributed by atoms with E-state index in [1.165, 1.54) is 40.7 Å². The Morgan fingerprint density at radius 3 is 2.37 bits per heavy atom. The predicted octanol–water partition coefficient (Wildman–Crippen LogP) is 2.81. The number of amides is 1. The van der Waals surface area contributed by atoms with Gasteiger partial charge in [-0.1, -0.05) is 24.6 Å². The number of aromatic carboxylic acids is 1. The largest absolute Gasteiger partial charge is 0.478 e. The molecule has 0 aliphatic carbocycles. The van der Waals surface area contributed by atoms with Crippen LogP contribution in [0.25, 0.3) is 0 Å². The number of benzene rings is 2. The van der Waals surface area contributed by atoms with Crippen molar-refractivity contribution in [2.75, 3.05) is 18.4 Å². The van der Waals surface area contributed by atoms with Crippen LogP contribution in [0.5, 0.6) is 0 Å². The van der Waals surface area contributed by atoms with Gasteiger partial charge in [-0.3, -0.25) is 4.79 Å². The summed E-state index contributed by atoms with van der Waals surface area (Å²) >= 11 is 0. The Balaban J connectivity index is 1.85. The van der Waals surface area contributed by atoms with Crippen LogP contribution in [0.4, 0.5) is 5.69 Å². The standard InChI is InChI=1S/C19H20N2O5S/c22-18(20-17-10-3-2-9-16(17)19(23)24)14-7-6-8-15(13-14)27(25,26)21-11-4-1-5-12-21/h2-3,6-10,13H,1,4-5,11-12H2,(H,20,22)(H,23,24). The fourth-order valence-electron chi connectivity index (χ4n) is 3.03. The second kappa shape index (κ2) is 7.89. The molecule has 2 aromatic rings. The molecule has 1 heterocycles. The van der Waals surface area contributed by atoms with Crippen LogP contribution in [0.15, 0.2) is 53.4 Å². The molecule has 27 heavy (non-hydrogen) atoms. The number of para-hydroxylation sites is 1. The molecule has 7 nitrogen and oxygen atoms in total. The van der Waals surface area contributed by atoms with E-state index in [0.29, 0.717) is 13.1 Å². The van der Waals surface area contributed by atoms with E-state index in [2.05, 4.69) is 5.32 Å². The van der Waals surface area contributed by atoms with Crippen LogP contribution in [-0.4, -0.2) is 42.8 Å². The Labute approximate surface area is 157 Å². The van der Waals surface area contributed by atoms with E-state index >= 15 is 0 Å². The number of nitrogens with zero attached hydrogens (tertiary/aromatic N) is 1. The van der Waals surface area contributed by atoms with Gasteiger partial charge in [0.15, 0.2) is 0 Å². The summed E-state index contributed by atoms with van der Waals surface area (Å²) < 4.78 is 27.0. The normalized spacial score (nSPS) is 15.3. The van der Waals surface area contributed by atoms with Gasteiger partial charge < -0.3 is 10.4 Å². The van der Waals surface area contributed by atoms with Gasteiger partial charge in [-0.15, -0.1) is 0 Å². The highest BCUT2D eigenvalue weighted by molar-refractivity contribution is 7.89. The lowest BCUT2D eigenvalue weighted by Crippen LogP contribution is -2.35. The molecule has 1 saturated heterocycles. The van der Waals surface area contributed by atoms with Crippen LogP contribution in [-0.2, 0) is 10.0 Å². The molecule has 2 N–H and O–H groups in total. The van der Waals surface area contributed by atoms with Crippen molar-refractivity contribution in [1.82, 2.24) is 4.31 Å². The number of piperidine rings is 1.